The third kappa shape index (κ3) is 6.00. The number of amides is 2. The monoisotopic (exact) mass is 419 g/mol. The van der Waals surface area contributed by atoms with Gasteiger partial charge in [0.25, 0.3) is 5.91 Å². The quantitative estimate of drug-likeness (QED) is 0.572. The minimum atomic E-state index is -0.766. The molecule has 1 atom stereocenters. The zero-order valence-corrected chi connectivity index (χ0v) is 17.2. The van der Waals surface area contributed by atoms with Crippen LogP contribution in [0.15, 0.2) is 66.7 Å². The first-order chi connectivity index (χ1) is 14.5. The van der Waals surface area contributed by atoms with Crippen molar-refractivity contribution in [1.82, 2.24) is 10.9 Å². The van der Waals surface area contributed by atoms with Crippen molar-refractivity contribution in [3.63, 3.8) is 0 Å². The van der Waals surface area contributed by atoms with Gasteiger partial charge in [-0.05, 0) is 47.5 Å². The van der Waals surface area contributed by atoms with Gasteiger partial charge in [-0.2, -0.15) is 5.26 Å². The summed E-state index contributed by atoms with van der Waals surface area (Å²) in [6, 6.07) is 22.8. The van der Waals surface area contributed by atoms with Crippen LogP contribution in [0.4, 0.5) is 0 Å². The molecule has 0 saturated heterocycles. The maximum Gasteiger partial charge on any atom is 0.279 e. The first kappa shape index (κ1) is 21.2. The fraction of sp³-hybridized carbons (Fsp3) is 0.174. The zero-order chi connectivity index (χ0) is 21.3. The number of hydrogen-bond acceptors (Lipinski definition) is 5. The maximum absolute atomic E-state index is 12.2. The number of carbonyl (C=O) groups is 2. The van der Waals surface area contributed by atoms with Gasteiger partial charge < -0.3 is 4.74 Å². The molecule has 0 aromatic heterocycles. The Balaban J connectivity index is 1.40. The van der Waals surface area contributed by atoms with Gasteiger partial charge in [0, 0.05) is 5.75 Å². The number of hydrogen-bond donors (Lipinski definition) is 2. The number of nitrogens with one attached hydrogen (secondary N) is 2. The second-order valence-corrected chi connectivity index (χ2v) is 7.59. The topological polar surface area (TPSA) is 91.2 Å². The van der Waals surface area contributed by atoms with E-state index in [0.717, 1.165) is 16.3 Å². The molecule has 0 radical (unpaired) electrons. The van der Waals surface area contributed by atoms with Gasteiger partial charge in [0.05, 0.1) is 17.4 Å². The van der Waals surface area contributed by atoms with E-state index in [1.165, 1.54) is 11.8 Å². The van der Waals surface area contributed by atoms with Crippen LogP contribution in [-0.2, 0) is 15.3 Å². The normalized spacial score (nSPS) is 11.3. The number of nitrogens with zero attached hydrogens (tertiary/aromatic N) is 1. The molecule has 0 aliphatic heterocycles. The van der Waals surface area contributed by atoms with E-state index in [2.05, 4.69) is 16.9 Å². The summed E-state index contributed by atoms with van der Waals surface area (Å²) in [4.78, 5) is 24.1. The second-order valence-electron chi connectivity index (χ2n) is 6.61. The van der Waals surface area contributed by atoms with Crippen LogP contribution in [0, 0.1) is 11.3 Å². The molecular formula is C23H21N3O3S. The number of hydrazine groups is 1. The van der Waals surface area contributed by atoms with Crippen molar-refractivity contribution in [3.05, 3.63) is 77.9 Å². The van der Waals surface area contributed by atoms with Crippen molar-refractivity contribution < 1.29 is 14.3 Å². The molecule has 0 aliphatic carbocycles. The molecule has 2 amide bonds. The number of benzene rings is 3. The summed E-state index contributed by atoms with van der Waals surface area (Å²) < 4.78 is 5.68. The van der Waals surface area contributed by atoms with Crippen LogP contribution in [0.2, 0.25) is 0 Å². The SMILES string of the molecule is CC(Oc1ccc2ccccc2c1)C(=O)NNC(=O)CSCc1ccc(C#N)cc1. The third-order valence-corrected chi connectivity index (χ3v) is 5.32. The lowest BCUT2D eigenvalue weighted by atomic mass is 10.1. The highest BCUT2D eigenvalue weighted by Crippen LogP contribution is 2.21. The van der Waals surface area contributed by atoms with E-state index in [1.54, 1.807) is 19.1 Å². The Labute approximate surface area is 179 Å². The predicted molar refractivity (Wildman–Crippen MR) is 118 cm³/mol. The standard InChI is InChI=1S/C23H21N3O3S/c1-16(29-21-11-10-19-4-2-3-5-20(19)12-21)23(28)26-25-22(27)15-30-14-18-8-6-17(13-24)7-9-18/h2-12,16H,14-15H2,1H3,(H,25,27)(H,26,28). The minimum absolute atomic E-state index is 0.195. The lowest BCUT2D eigenvalue weighted by molar-refractivity contribution is -0.131. The molecule has 0 bridgehead atoms. The summed E-state index contributed by atoms with van der Waals surface area (Å²) in [7, 11) is 0. The Morgan fingerprint density at radius 1 is 1.03 bits per heavy atom. The lowest BCUT2D eigenvalue weighted by Crippen LogP contribution is -2.47. The maximum atomic E-state index is 12.2. The Kier molecular flexibility index (Phi) is 7.30. The Morgan fingerprint density at radius 2 is 1.77 bits per heavy atom. The molecule has 1 unspecified atom stereocenters. The van der Waals surface area contributed by atoms with E-state index >= 15 is 0 Å². The average Bonchev–Trinajstić information content (AvgIpc) is 2.77. The van der Waals surface area contributed by atoms with E-state index in [4.69, 9.17) is 10.00 Å². The van der Waals surface area contributed by atoms with Gasteiger partial charge in [-0.1, -0.05) is 42.5 Å². The number of rotatable bonds is 7. The molecule has 7 heteroatoms. The Hall–Kier alpha value is -3.50. The molecule has 0 heterocycles. The molecule has 3 aromatic carbocycles. The molecule has 0 aliphatic rings. The molecule has 6 nitrogen and oxygen atoms in total. The van der Waals surface area contributed by atoms with Gasteiger partial charge in [-0.25, -0.2) is 0 Å². The summed E-state index contributed by atoms with van der Waals surface area (Å²) in [5, 5.41) is 10.9. The van der Waals surface area contributed by atoms with Crippen LogP contribution >= 0.6 is 11.8 Å². The fourth-order valence-electron chi connectivity index (χ4n) is 2.70. The van der Waals surface area contributed by atoms with Crippen LogP contribution in [-0.4, -0.2) is 23.7 Å². The number of carbonyl (C=O) groups excluding carboxylic acids is 2. The molecule has 0 spiro atoms. The van der Waals surface area contributed by atoms with Crippen molar-refractivity contribution >= 4 is 34.3 Å². The summed E-state index contributed by atoms with van der Waals surface area (Å²) in [5.41, 5.74) is 6.41. The Bertz CT molecular complexity index is 1080. The number of thioether (sulfide) groups is 1. The minimum Gasteiger partial charge on any atom is -0.481 e. The molecule has 152 valence electrons. The van der Waals surface area contributed by atoms with E-state index in [1.807, 2.05) is 54.6 Å². The van der Waals surface area contributed by atoms with Gasteiger partial charge >= 0.3 is 0 Å². The summed E-state index contributed by atoms with van der Waals surface area (Å²) in [5.74, 6) is 0.670. The van der Waals surface area contributed by atoms with E-state index in [0.29, 0.717) is 17.1 Å². The van der Waals surface area contributed by atoms with Crippen molar-refractivity contribution in [1.29, 1.82) is 5.26 Å². The van der Waals surface area contributed by atoms with Crippen LogP contribution in [0.1, 0.15) is 18.1 Å². The Morgan fingerprint density at radius 3 is 2.50 bits per heavy atom. The highest BCUT2D eigenvalue weighted by atomic mass is 32.2. The molecule has 3 rings (SSSR count). The molecule has 2 N–H and O–H groups in total. The molecule has 0 saturated carbocycles. The van der Waals surface area contributed by atoms with Gasteiger partial charge in [-0.3, -0.25) is 20.4 Å². The van der Waals surface area contributed by atoms with Crippen molar-refractivity contribution in [2.75, 3.05) is 5.75 Å². The fourth-order valence-corrected chi connectivity index (χ4v) is 3.49. The third-order valence-electron chi connectivity index (χ3n) is 4.31. The van der Waals surface area contributed by atoms with Crippen molar-refractivity contribution in [3.8, 4) is 11.8 Å². The molecule has 0 fully saturated rings. The van der Waals surface area contributed by atoms with E-state index < -0.39 is 12.0 Å². The van der Waals surface area contributed by atoms with Gasteiger partial charge in [0.15, 0.2) is 6.10 Å². The van der Waals surface area contributed by atoms with Crippen molar-refractivity contribution in [2.24, 2.45) is 0 Å². The molecule has 3 aromatic rings. The van der Waals surface area contributed by atoms with E-state index in [9.17, 15) is 9.59 Å². The average molecular weight is 420 g/mol. The summed E-state index contributed by atoms with van der Waals surface area (Å²) in [6.07, 6.45) is -0.766. The summed E-state index contributed by atoms with van der Waals surface area (Å²) >= 11 is 1.41. The first-order valence-corrected chi connectivity index (χ1v) is 10.5. The van der Waals surface area contributed by atoms with Crippen LogP contribution in [0.25, 0.3) is 10.8 Å². The second kappa shape index (κ2) is 10.3. The predicted octanol–water partition coefficient (Wildman–Crippen LogP) is 3.56. The van der Waals surface area contributed by atoms with Gasteiger partial charge in [-0.15, -0.1) is 11.8 Å². The van der Waals surface area contributed by atoms with Gasteiger partial charge in [0.1, 0.15) is 5.75 Å². The lowest BCUT2D eigenvalue weighted by Gasteiger charge is -2.15. The van der Waals surface area contributed by atoms with Gasteiger partial charge in [0.2, 0.25) is 5.91 Å². The van der Waals surface area contributed by atoms with Crippen LogP contribution in [0.5, 0.6) is 5.75 Å². The van der Waals surface area contributed by atoms with Crippen LogP contribution in [0.3, 0.4) is 0 Å². The zero-order valence-electron chi connectivity index (χ0n) is 16.4. The van der Waals surface area contributed by atoms with Crippen LogP contribution < -0.4 is 15.6 Å². The number of fused-ring (bicyclic) bond motifs is 1. The smallest absolute Gasteiger partial charge is 0.279 e. The highest BCUT2D eigenvalue weighted by Gasteiger charge is 2.15. The van der Waals surface area contributed by atoms with Crippen molar-refractivity contribution in [2.45, 2.75) is 18.8 Å². The highest BCUT2D eigenvalue weighted by molar-refractivity contribution is 7.99. The van der Waals surface area contributed by atoms with E-state index in [-0.39, 0.29) is 11.7 Å². The molecule has 30 heavy (non-hydrogen) atoms. The summed E-state index contributed by atoms with van der Waals surface area (Å²) in [6.45, 7) is 1.62. The number of nitriles is 1. The first-order valence-electron chi connectivity index (χ1n) is 9.36. The molecular weight excluding hydrogens is 398 g/mol. The largest absolute Gasteiger partial charge is 0.481 e. The number of ether oxygens (including phenoxy) is 1.